The van der Waals surface area contributed by atoms with E-state index < -0.39 is 5.60 Å². The first kappa shape index (κ1) is 13.6. The average Bonchev–Trinajstić information content (AvgIpc) is 2.22. The van der Waals surface area contributed by atoms with E-state index in [0.29, 0.717) is 19.1 Å². The van der Waals surface area contributed by atoms with Crippen molar-refractivity contribution in [3.05, 3.63) is 0 Å². The minimum Gasteiger partial charge on any atom is -0.444 e. The highest BCUT2D eigenvalue weighted by molar-refractivity contribution is 5.69. The van der Waals surface area contributed by atoms with Gasteiger partial charge in [0.15, 0.2) is 0 Å². The highest BCUT2D eigenvalue weighted by atomic mass is 16.6. The van der Waals surface area contributed by atoms with Gasteiger partial charge < -0.3 is 20.1 Å². The first-order valence-electron chi connectivity index (χ1n) is 6.71. The monoisotopic (exact) mass is 256 g/mol. The SMILES string of the molecule is CC(C)(C)OC(=O)NC1(C2CCNCC2)COC1. The number of amides is 1. The largest absolute Gasteiger partial charge is 0.444 e. The van der Waals surface area contributed by atoms with Gasteiger partial charge in [0.05, 0.1) is 18.8 Å². The molecular weight excluding hydrogens is 232 g/mol. The maximum absolute atomic E-state index is 11.9. The highest BCUT2D eigenvalue weighted by Crippen LogP contribution is 2.32. The summed E-state index contributed by atoms with van der Waals surface area (Å²) >= 11 is 0. The number of alkyl carbamates (subject to hydrolysis) is 1. The van der Waals surface area contributed by atoms with Gasteiger partial charge >= 0.3 is 6.09 Å². The number of rotatable bonds is 2. The lowest BCUT2D eigenvalue weighted by atomic mass is 9.76. The number of nitrogens with one attached hydrogen (secondary N) is 2. The van der Waals surface area contributed by atoms with Crippen LogP contribution in [0, 0.1) is 5.92 Å². The minimum absolute atomic E-state index is 0.204. The standard InChI is InChI=1S/C13H24N2O3/c1-12(2,3)18-11(16)15-13(8-17-9-13)10-4-6-14-7-5-10/h10,14H,4-9H2,1-3H3,(H,15,16). The molecule has 104 valence electrons. The summed E-state index contributed by atoms with van der Waals surface area (Å²) in [5.74, 6) is 0.486. The number of carbonyl (C=O) groups is 1. The van der Waals surface area contributed by atoms with Crippen LogP contribution in [0.25, 0.3) is 0 Å². The first-order valence-corrected chi connectivity index (χ1v) is 6.71. The van der Waals surface area contributed by atoms with Crippen molar-refractivity contribution < 1.29 is 14.3 Å². The van der Waals surface area contributed by atoms with Crippen LogP contribution in [0.15, 0.2) is 0 Å². The van der Waals surface area contributed by atoms with E-state index >= 15 is 0 Å². The lowest BCUT2D eigenvalue weighted by Gasteiger charge is -2.48. The van der Waals surface area contributed by atoms with Gasteiger partial charge in [-0.15, -0.1) is 0 Å². The van der Waals surface area contributed by atoms with E-state index in [1.807, 2.05) is 20.8 Å². The Morgan fingerprint density at radius 3 is 2.39 bits per heavy atom. The number of ether oxygens (including phenoxy) is 2. The molecule has 0 aromatic heterocycles. The van der Waals surface area contributed by atoms with Gasteiger partial charge in [-0.25, -0.2) is 4.79 Å². The van der Waals surface area contributed by atoms with Crippen molar-refractivity contribution in [3.8, 4) is 0 Å². The fraction of sp³-hybridized carbons (Fsp3) is 0.923. The van der Waals surface area contributed by atoms with E-state index in [0.717, 1.165) is 25.9 Å². The van der Waals surface area contributed by atoms with Gasteiger partial charge in [0, 0.05) is 0 Å². The Bertz CT molecular complexity index is 302. The Balaban J connectivity index is 1.93. The zero-order valence-electron chi connectivity index (χ0n) is 11.5. The summed E-state index contributed by atoms with van der Waals surface area (Å²) in [6.45, 7) is 8.88. The zero-order valence-corrected chi connectivity index (χ0v) is 11.5. The fourth-order valence-electron chi connectivity index (χ4n) is 2.61. The fourth-order valence-corrected chi connectivity index (χ4v) is 2.61. The average molecular weight is 256 g/mol. The molecule has 2 N–H and O–H groups in total. The first-order chi connectivity index (χ1) is 8.41. The number of hydrogen-bond acceptors (Lipinski definition) is 4. The Morgan fingerprint density at radius 2 is 1.94 bits per heavy atom. The highest BCUT2D eigenvalue weighted by Gasteiger charge is 2.47. The van der Waals surface area contributed by atoms with E-state index in [-0.39, 0.29) is 11.6 Å². The third-order valence-electron chi connectivity index (χ3n) is 3.59. The maximum Gasteiger partial charge on any atom is 0.408 e. The third-order valence-corrected chi connectivity index (χ3v) is 3.59. The summed E-state index contributed by atoms with van der Waals surface area (Å²) in [7, 11) is 0. The molecule has 0 spiro atoms. The Hall–Kier alpha value is -0.810. The third kappa shape index (κ3) is 3.14. The smallest absolute Gasteiger partial charge is 0.408 e. The second-order valence-corrected chi connectivity index (χ2v) is 6.30. The second-order valence-electron chi connectivity index (χ2n) is 6.30. The molecule has 18 heavy (non-hydrogen) atoms. The number of piperidine rings is 1. The predicted molar refractivity (Wildman–Crippen MR) is 68.5 cm³/mol. The van der Waals surface area contributed by atoms with E-state index in [9.17, 15) is 4.79 Å². The number of carbonyl (C=O) groups excluding carboxylic acids is 1. The topological polar surface area (TPSA) is 59.6 Å². The van der Waals surface area contributed by atoms with Crippen molar-refractivity contribution in [2.45, 2.75) is 44.8 Å². The van der Waals surface area contributed by atoms with E-state index in [1.165, 1.54) is 0 Å². The van der Waals surface area contributed by atoms with Gasteiger partial charge in [-0.1, -0.05) is 0 Å². The molecule has 5 heteroatoms. The summed E-state index contributed by atoms with van der Waals surface area (Å²) in [6, 6.07) is 0. The van der Waals surface area contributed by atoms with Crippen molar-refractivity contribution in [1.29, 1.82) is 0 Å². The Kier molecular flexibility index (Phi) is 3.82. The summed E-state index contributed by atoms with van der Waals surface area (Å²) < 4.78 is 10.7. The van der Waals surface area contributed by atoms with Crippen molar-refractivity contribution in [1.82, 2.24) is 10.6 Å². The summed E-state index contributed by atoms with van der Waals surface area (Å²) in [6.07, 6.45) is 1.84. The normalized spacial score (nSPS) is 24.2. The molecule has 2 rings (SSSR count). The van der Waals surface area contributed by atoms with Crippen molar-refractivity contribution in [2.75, 3.05) is 26.3 Å². The molecule has 2 fully saturated rings. The molecule has 1 amide bonds. The molecule has 0 radical (unpaired) electrons. The molecular formula is C13H24N2O3. The molecule has 5 nitrogen and oxygen atoms in total. The summed E-state index contributed by atoms with van der Waals surface area (Å²) in [4.78, 5) is 11.9. The molecule has 0 saturated carbocycles. The van der Waals surface area contributed by atoms with E-state index in [4.69, 9.17) is 9.47 Å². The summed E-state index contributed by atoms with van der Waals surface area (Å²) in [5.41, 5.74) is -0.658. The van der Waals surface area contributed by atoms with Crippen LogP contribution in [0.4, 0.5) is 4.79 Å². The molecule has 0 unspecified atom stereocenters. The van der Waals surface area contributed by atoms with Crippen LogP contribution >= 0.6 is 0 Å². The van der Waals surface area contributed by atoms with Crippen LogP contribution in [0.1, 0.15) is 33.6 Å². The van der Waals surface area contributed by atoms with Crippen molar-refractivity contribution in [3.63, 3.8) is 0 Å². The lowest BCUT2D eigenvalue weighted by Crippen LogP contribution is -2.67. The molecule has 0 atom stereocenters. The molecule has 0 aromatic carbocycles. The van der Waals surface area contributed by atoms with Gasteiger partial charge in [-0.3, -0.25) is 0 Å². The van der Waals surface area contributed by atoms with Crippen molar-refractivity contribution in [2.24, 2.45) is 5.92 Å². The van der Waals surface area contributed by atoms with Gasteiger partial charge in [-0.2, -0.15) is 0 Å². The quantitative estimate of drug-likeness (QED) is 0.781. The zero-order chi connectivity index (χ0) is 13.2. The summed E-state index contributed by atoms with van der Waals surface area (Å²) in [5, 5.41) is 6.38. The molecule has 0 aromatic rings. The molecule has 0 aliphatic carbocycles. The molecule has 2 saturated heterocycles. The van der Waals surface area contributed by atoms with Gasteiger partial charge in [0.1, 0.15) is 5.60 Å². The van der Waals surface area contributed by atoms with Gasteiger partial charge in [-0.05, 0) is 52.6 Å². The molecule has 2 aliphatic rings. The number of hydrogen-bond donors (Lipinski definition) is 2. The minimum atomic E-state index is -0.454. The van der Waals surface area contributed by atoms with E-state index in [2.05, 4.69) is 10.6 Å². The lowest BCUT2D eigenvalue weighted by molar-refractivity contribution is -0.109. The van der Waals surface area contributed by atoms with Crippen LogP contribution in [-0.2, 0) is 9.47 Å². The molecule has 2 aliphatic heterocycles. The molecule has 0 bridgehead atoms. The van der Waals surface area contributed by atoms with Crippen LogP contribution in [0.5, 0.6) is 0 Å². The van der Waals surface area contributed by atoms with Crippen LogP contribution in [-0.4, -0.2) is 43.5 Å². The molecule has 2 heterocycles. The van der Waals surface area contributed by atoms with Crippen LogP contribution in [0.2, 0.25) is 0 Å². The van der Waals surface area contributed by atoms with Crippen molar-refractivity contribution >= 4 is 6.09 Å². The van der Waals surface area contributed by atoms with Gasteiger partial charge in [0.25, 0.3) is 0 Å². The second kappa shape index (κ2) is 5.05. The Labute approximate surface area is 109 Å². The van der Waals surface area contributed by atoms with Crippen LogP contribution in [0.3, 0.4) is 0 Å². The van der Waals surface area contributed by atoms with E-state index in [1.54, 1.807) is 0 Å². The van der Waals surface area contributed by atoms with Gasteiger partial charge in [0.2, 0.25) is 0 Å². The maximum atomic E-state index is 11.9. The van der Waals surface area contributed by atoms with Crippen LogP contribution < -0.4 is 10.6 Å². The Morgan fingerprint density at radius 1 is 1.33 bits per heavy atom. The predicted octanol–water partition coefficient (Wildman–Crippen LogP) is 1.28.